The summed E-state index contributed by atoms with van der Waals surface area (Å²) >= 11 is 0. The number of aromatic nitrogens is 3. The zero-order valence-electron chi connectivity index (χ0n) is 11.8. The van der Waals surface area contributed by atoms with Crippen LogP contribution in [0.25, 0.3) is 11.1 Å². The van der Waals surface area contributed by atoms with Gasteiger partial charge in [0.25, 0.3) is 0 Å². The summed E-state index contributed by atoms with van der Waals surface area (Å²) in [6.45, 7) is 5.16. The van der Waals surface area contributed by atoms with E-state index in [1.807, 2.05) is 13.1 Å². The Morgan fingerprint density at radius 1 is 1.21 bits per heavy atom. The van der Waals surface area contributed by atoms with E-state index in [0.29, 0.717) is 0 Å². The molecule has 3 rings (SSSR count). The Hall–Kier alpha value is -1.64. The van der Waals surface area contributed by atoms with Crippen LogP contribution in [0.5, 0.6) is 0 Å². The van der Waals surface area contributed by atoms with E-state index in [2.05, 4.69) is 40.0 Å². The molecule has 2 aromatic heterocycles. The summed E-state index contributed by atoms with van der Waals surface area (Å²) in [7, 11) is 0. The van der Waals surface area contributed by atoms with Crippen molar-refractivity contribution in [2.75, 3.05) is 0 Å². The molecule has 0 spiro atoms. The maximum atomic E-state index is 4.53. The topological polar surface area (TPSA) is 30.7 Å². The average molecular weight is 255 g/mol. The van der Waals surface area contributed by atoms with Crippen LogP contribution in [-0.4, -0.2) is 14.8 Å². The lowest BCUT2D eigenvalue weighted by atomic mass is 10.1. The van der Waals surface area contributed by atoms with Gasteiger partial charge in [-0.2, -0.15) is 5.10 Å². The molecule has 1 saturated carbocycles. The van der Waals surface area contributed by atoms with Crippen molar-refractivity contribution < 1.29 is 0 Å². The normalized spacial score (nSPS) is 16.1. The third-order valence-electron chi connectivity index (χ3n) is 4.09. The molecule has 3 heteroatoms. The average Bonchev–Trinajstić information content (AvgIpc) is 3.01. The Bertz CT molecular complexity index is 565. The molecule has 3 nitrogen and oxygen atoms in total. The van der Waals surface area contributed by atoms with Crippen LogP contribution in [0.15, 0.2) is 24.5 Å². The highest BCUT2D eigenvalue weighted by molar-refractivity contribution is 5.64. The van der Waals surface area contributed by atoms with E-state index in [-0.39, 0.29) is 0 Å². The Morgan fingerprint density at radius 2 is 2.00 bits per heavy atom. The first kappa shape index (κ1) is 12.4. The number of rotatable bonds is 3. The van der Waals surface area contributed by atoms with Crippen molar-refractivity contribution in [1.82, 2.24) is 14.8 Å². The lowest BCUT2D eigenvalue weighted by molar-refractivity contribution is 0.429. The molecule has 0 N–H and O–H groups in total. The van der Waals surface area contributed by atoms with Gasteiger partial charge in [0.15, 0.2) is 0 Å². The van der Waals surface area contributed by atoms with Crippen molar-refractivity contribution >= 4 is 0 Å². The Kier molecular flexibility index (Phi) is 3.36. The van der Waals surface area contributed by atoms with Crippen molar-refractivity contribution in [2.45, 2.75) is 46.1 Å². The van der Waals surface area contributed by atoms with Gasteiger partial charge in [-0.1, -0.05) is 18.9 Å². The molecule has 0 atom stereocenters. The first-order valence-electron chi connectivity index (χ1n) is 7.19. The molecule has 1 aliphatic rings. The monoisotopic (exact) mass is 255 g/mol. The van der Waals surface area contributed by atoms with Gasteiger partial charge in [-0.05, 0) is 38.7 Å². The van der Waals surface area contributed by atoms with Crippen LogP contribution < -0.4 is 0 Å². The van der Waals surface area contributed by atoms with Crippen LogP contribution in [0.4, 0.5) is 0 Å². The van der Waals surface area contributed by atoms with Crippen LogP contribution in [-0.2, 0) is 6.54 Å². The molecule has 0 aromatic carbocycles. The zero-order valence-corrected chi connectivity index (χ0v) is 11.8. The SMILES string of the molecule is Cc1ccc(-c2cnn(CC3CCCC3)c2)c(C)n1. The quantitative estimate of drug-likeness (QED) is 0.836. The fourth-order valence-electron chi connectivity index (χ4n) is 3.05. The number of hydrogen-bond donors (Lipinski definition) is 0. The predicted octanol–water partition coefficient (Wildman–Crippen LogP) is 3.75. The number of pyridine rings is 1. The summed E-state index contributed by atoms with van der Waals surface area (Å²) in [5.74, 6) is 0.824. The van der Waals surface area contributed by atoms with Gasteiger partial charge in [0.1, 0.15) is 0 Å². The molecule has 100 valence electrons. The summed E-state index contributed by atoms with van der Waals surface area (Å²) in [5, 5.41) is 4.51. The molecule has 2 aromatic rings. The second-order valence-corrected chi connectivity index (χ2v) is 5.69. The lowest BCUT2D eigenvalue weighted by Gasteiger charge is -2.08. The van der Waals surface area contributed by atoms with Gasteiger partial charge >= 0.3 is 0 Å². The van der Waals surface area contributed by atoms with E-state index >= 15 is 0 Å². The molecular formula is C16H21N3. The fraction of sp³-hybridized carbons (Fsp3) is 0.500. The van der Waals surface area contributed by atoms with Crippen molar-refractivity contribution in [1.29, 1.82) is 0 Å². The number of aryl methyl sites for hydroxylation is 2. The highest BCUT2D eigenvalue weighted by atomic mass is 15.3. The van der Waals surface area contributed by atoms with E-state index in [1.54, 1.807) is 0 Å². The fourth-order valence-corrected chi connectivity index (χ4v) is 3.05. The van der Waals surface area contributed by atoms with Gasteiger partial charge in [0.05, 0.1) is 6.20 Å². The van der Waals surface area contributed by atoms with E-state index < -0.39 is 0 Å². The molecule has 0 bridgehead atoms. The Balaban J connectivity index is 1.80. The minimum atomic E-state index is 0.824. The first-order chi connectivity index (χ1) is 9.22. The van der Waals surface area contributed by atoms with Gasteiger partial charge in [0, 0.05) is 35.3 Å². The van der Waals surface area contributed by atoms with E-state index in [0.717, 1.165) is 23.9 Å². The molecule has 0 radical (unpaired) electrons. The van der Waals surface area contributed by atoms with Gasteiger partial charge in [-0.15, -0.1) is 0 Å². The molecule has 1 fully saturated rings. The maximum Gasteiger partial charge on any atom is 0.0568 e. The summed E-state index contributed by atoms with van der Waals surface area (Å²) in [6, 6.07) is 4.21. The third-order valence-corrected chi connectivity index (χ3v) is 4.09. The number of nitrogens with zero attached hydrogens (tertiary/aromatic N) is 3. The highest BCUT2D eigenvalue weighted by Gasteiger charge is 2.16. The number of hydrogen-bond acceptors (Lipinski definition) is 2. The van der Waals surface area contributed by atoms with E-state index in [4.69, 9.17) is 0 Å². The van der Waals surface area contributed by atoms with Gasteiger partial charge in [-0.3, -0.25) is 9.67 Å². The van der Waals surface area contributed by atoms with Crippen LogP contribution in [0.1, 0.15) is 37.1 Å². The van der Waals surface area contributed by atoms with Crippen molar-refractivity contribution in [3.8, 4) is 11.1 Å². The van der Waals surface area contributed by atoms with Crippen LogP contribution in [0.2, 0.25) is 0 Å². The predicted molar refractivity (Wildman–Crippen MR) is 76.9 cm³/mol. The molecule has 0 aliphatic heterocycles. The van der Waals surface area contributed by atoms with Gasteiger partial charge in [-0.25, -0.2) is 0 Å². The van der Waals surface area contributed by atoms with Crippen molar-refractivity contribution in [2.24, 2.45) is 5.92 Å². The summed E-state index contributed by atoms with van der Waals surface area (Å²) in [5.41, 5.74) is 4.53. The molecule has 0 saturated heterocycles. The summed E-state index contributed by atoms with van der Waals surface area (Å²) < 4.78 is 2.10. The first-order valence-corrected chi connectivity index (χ1v) is 7.19. The van der Waals surface area contributed by atoms with Crippen molar-refractivity contribution in [3.63, 3.8) is 0 Å². The Morgan fingerprint density at radius 3 is 2.74 bits per heavy atom. The maximum absolute atomic E-state index is 4.53. The summed E-state index contributed by atoms with van der Waals surface area (Å²) in [4.78, 5) is 4.53. The largest absolute Gasteiger partial charge is 0.272 e. The lowest BCUT2D eigenvalue weighted by Crippen LogP contribution is -2.07. The van der Waals surface area contributed by atoms with Gasteiger partial charge < -0.3 is 0 Å². The standard InChI is InChI=1S/C16H21N3/c1-12-7-8-16(13(2)18-12)15-9-17-19(11-15)10-14-5-3-4-6-14/h7-9,11,14H,3-6,10H2,1-2H3. The minimum Gasteiger partial charge on any atom is -0.272 e. The molecule has 0 unspecified atom stereocenters. The second-order valence-electron chi connectivity index (χ2n) is 5.69. The van der Waals surface area contributed by atoms with E-state index in [9.17, 15) is 0 Å². The molecule has 0 amide bonds. The molecule has 2 heterocycles. The van der Waals surface area contributed by atoms with Gasteiger partial charge in [0.2, 0.25) is 0 Å². The van der Waals surface area contributed by atoms with Crippen LogP contribution in [0, 0.1) is 19.8 Å². The van der Waals surface area contributed by atoms with Crippen LogP contribution in [0.3, 0.4) is 0 Å². The van der Waals surface area contributed by atoms with E-state index in [1.165, 1.54) is 36.8 Å². The summed E-state index contributed by atoms with van der Waals surface area (Å²) in [6.07, 6.45) is 9.63. The smallest absolute Gasteiger partial charge is 0.0568 e. The third kappa shape index (κ3) is 2.70. The van der Waals surface area contributed by atoms with Crippen molar-refractivity contribution in [3.05, 3.63) is 35.9 Å². The zero-order chi connectivity index (χ0) is 13.2. The second kappa shape index (κ2) is 5.16. The van der Waals surface area contributed by atoms with Crippen LogP contribution >= 0.6 is 0 Å². The molecule has 1 aliphatic carbocycles. The Labute approximate surface area is 114 Å². The molecular weight excluding hydrogens is 234 g/mol. The highest BCUT2D eigenvalue weighted by Crippen LogP contribution is 2.27. The minimum absolute atomic E-state index is 0.824. The molecule has 19 heavy (non-hydrogen) atoms.